The van der Waals surface area contributed by atoms with Crippen LogP contribution in [-0.4, -0.2) is 6.16 Å². The first-order valence-electron chi connectivity index (χ1n) is 0.612. The molecule has 0 heterocycles. The molecule has 0 unspecified atom stereocenters. The van der Waals surface area contributed by atoms with Crippen LogP contribution in [0.25, 0.3) is 0 Å². The van der Waals surface area contributed by atoms with Crippen LogP contribution >= 0.6 is 0 Å². The van der Waals surface area contributed by atoms with Crippen LogP contribution in [0.1, 0.15) is 0 Å². The molecule has 0 rings (SSSR count). The van der Waals surface area contributed by atoms with Crippen molar-refractivity contribution >= 4 is 6.16 Å². The van der Waals surface area contributed by atoms with Gasteiger partial charge in [0.15, 0.2) is 0 Å². The van der Waals surface area contributed by atoms with E-state index in [-0.39, 0.29) is 44.3 Å². The number of carbonyl (C=O) groups excluding carboxylic acids is 1. The minimum atomic E-state index is -2.33. The van der Waals surface area contributed by atoms with Gasteiger partial charge in [-0.15, -0.1) is 0 Å². The average molecular weight is 179 g/mol. The maximum Gasteiger partial charge on any atom is 4.00 e. The van der Waals surface area contributed by atoms with Gasteiger partial charge in [-0.3, -0.25) is 0 Å². The molecule has 0 aliphatic carbocycles. The molecule has 7 heavy (non-hydrogen) atoms. The zero-order valence-corrected chi connectivity index (χ0v) is 5.75. The first-order chi connectivity index (χ1) is 1.73. The van der Waals surface area contributed by atoms with Crippen molar-refractivity contribution in [3.8, 4) is 0 Å². The second-order valence-electron chi connectivity index (χ2n) is 0.250. The predicted molar refractivity (Wildman–Crippen MR) is 6.08 cm³/mol. The molecular weight excluding hydrogens is 179 g/mol. The van der Waals surface area contributed by atoms with E-state index in [0.29, 0.717) is 0 Å². The number of rotatable bonds is 0. The Balaban J connectivity index is -0.0000000150. The van der Waals surface area contributed by atoms with Crippen molar-refractivity contribution in [2.75, 3.05) is 0 Å². The SMILES string of the molecule is O=C([O-])[O-].[Mn+2].[O-2].[Ti+4]. The molecule has 4 nitrogen and oxygen atoms in total. The zero-order chi connectivity index (χ0) is 3.58. The second-order valence-corrected chi connectivity index (χ2v) is 0.250. The first kappa shape index (κ1) is 26.0. The van der Waals surface area contributed by atoms with Gasteiger partial charge in [-0.25, -0.2) is 0 Å². The zero-order valence-electron chi connectivity index (χ0n) is 3.01. The Hall–Kier alpha value is 0.464. The summed E-state index contributed by atoms with van der Waals surface area (Å²) in [4.78, 5) is 8.33. The van der Waals surface area contributed by atoms with Gasteiger partial charge in [0.1, 0.15) is 0 Å². The molecule has 0 saturated carbocycles. The molecule has 0 N–H and O–H groups in total. The van der Waals surface area contributed by atoms with Gasteiger partial charge in [0.05, 0.1) is 0 Å². The van der Waals surface area contributed by atoms with E-state index in [0.717, 1.165) is 0 Å². The molecule has 0 amide bonds. The Bertz CT molecular complexity index is 34.7. The molecule has 0 atom stereocenters. The normalized spacial score (nSPS) is 3.43. The molecule has 0 aromatic carbocycles. The van der Waals surface area contributed by atoms with Crippen molar-refractivity contribution in [1.82, 2.24) is 0 Å². The van der Waals surface area contributed by atoms with Gasteiger partial charge in [0.25, 0.3) is 0 Å². The van der Waals surface area contributed by atoms with Gasteiger partial charge < -0.3 is 20.5 Å². The van der Waals surface area contributed by atoms with E-state index >= 15 is 0 Å². The molecule has 6 heteroatoms. The van der Waals surface area contributed by atoms with Crippen molar-refractivity contribution in [2.24, 2.45) is 0 Å². The van der Waals surface area contributed by atoms with E-state index in [1.54, 1.807) is 0 Å². The maximum atomic E-state index is 8.33. The van der Waals surface area contributed by atoms with Crippen molar-refractivity contribution in [3.63, 3.8) is 0 Å². The molecule has 0 aromatic rings. The largest absolute Gasteiger partial charge is 4.00 e. The van der Waals surface area contributed by atoms with Gasteiger partial charge >= 0.3 is 38.8 Å². The fourth-order valence-corrected chi connectivity index (χ4v) is 0. The van der Waals surface area contributed by atoms with Crippen LogP contribution in [0.15, 0.2) is 0 Å². The monoisotopic (exact) mass is 179 g/mol. The smallest absolute Gasteiger partial charge is 2.00 e. The van der Waals surface area contributed by atoms with Crippen LogP contribution in [0.2, 0.25) is 0 Å². The number of carbonyl (C=O) groups is 1. The van der Waals surface area contributed by atoms with Gasteiger partial charge in [-0.05, 0) is 6.16 Å². The summed E-state index contributed by atoms with van der Waals surface area (Å²) in [5.41, 5.74) is 0. The first-order valence-corrected chi connectivity index (χ1v) is 0.612. The molecule has 37 valence electrons. The minimum absolute atomic E-state index is 0. The molecule has 0 aliphatic heterocycles. The molecule has 0 fully saturated rings. The van der Waals surface area contributed by atoms with Crippen LogP contribution in [-0.2, 0) is 44.3 Å². The van der Waals surface area contributed by atoms with E-state index in [1.165, 1.54) is 0 Å². The summed E-state index contributed by atoms with van der Waals surface area (Å²) in [6.07, 6.45) is -2.33. The summed E-state index contributed by atoms with van der Waals surface area (Å²) in [7, 11) is 0. The summed E-state index contributed by atoms with van der Waals surface area (Å²) in [5.74, 6) is 0. The summed E-state index contributed by atoms with van der Waals surface area (Å²) in [5, 5.41) is 16.7. The Morgan fingerprint density at radius 3 is 1.29 bits per heavy atom. The van der Waals surface area contributed by atoms with Gasteiger partial charge in [0, 0.05) is 0 Å². The number of hydrogen-bond donors (Lipinski definition) is 0. The van der Waals surface area contributed by atoms with E-state index in [1.807, 2.05) is 0 Å². The minimum Gasteiger partial charge on any atom is -2.00 e. The molecular formula is CMnO4Ti+2. The van der Waals surface area contributed by atoms with Crippen LogP contribution in [0.3, 0.4) is 0 Å². The molecule has 0 aliphatic rings. The fourth-order valence-electron chi connectivity index (χ4n) is 0. The van der Waals surface area contributed by atoms with E-state index in [4.69, 9.17) is 15.0 Å². The summed E-state index contributed by atoms with van der Waals surface area (Å²) in [6.45, 7) is 0. The van der Waals surface area contributed by atoms with E-state index < -0.39 is 6.16 Å². The molecule has 0 spiro atoms. The summed E-state index contributed by atoms with van der Waals surface area (Å²) < 4.78 is 0. The van der Waals surface area contributed by atoms with Gasteiger partial charge in [0.2, 0.25) is 0 Å². The Labute approximate surface area is 65.6 Å². The average Bonchev–Trinajstić information content (AvgIpc) is 0.811. The third kappa shape index (κ3) is 599. The Morgan fingerprint density at radius 2 is 1.29 bits per heavy atom. The van der Waals surface area contributed by atoms with Gasteiger partial charge in [-0.2, -0.15) is 0 Å². The number of hydrogen-bond acceptors (Lipinski definition) is 3. The van der Waals surface area contributed by atoms with Crippen LogP contribution in [0.5, 0.6) is 0 Å². The third-order valence-electron chi connectivity index (χ3n) is 0. The molecule has 0 saturated heterocycles. The third-order valence-corrected chi connectivity index (χ3v) is 0. The topological polar surface area (TPSA) is 91.7 Å². The quantitative estimate of drug-likeness (QED) is 0.382. The molecule has 1 radical (unpaired) electrons. The van der Waals surface area contributed by atoms with Crippen LogP contribution in [0, 0.1) is 0 Å². The number of carboxylic acid groups (broad SMARTS) is 2. The fraction of sp³-hybridized carbons (Fsp3) is 0. The van der Waals surface area contributed by atoms with E-state index in [9.17, 15) is 0 Å². The van der Waals surface area contributed by atoms with Crippen molar-refractivity contribution < 1.29 is 59.3 Å². The molecule has 0 bridgehead atoms. The maximum absolute atomic E-state index is 8.33. The van der Waals surface area contributed by atoms with Crippen molar-refractivity contribution in [3.05, 3.63) is 0 Å². The standard InChI is InChI=1S/CH2O3.Mn.O.Ti/c2-1(3)4;;;/h(H2,2,3,4);;;/q;+2;-2;+4/p-2. The van der Waals surface area contributed by atoms with Gasteiger partial charge in [-0.1, -0.05) is 0 Å². The van der Waals surface area contributed by atoms with Crippen LogP contribution in [0.4, 0.5) is 4.79 Å². The van der Waals surface area contributed by atoms with E-state index in [2.05, 4.69) is 0 Å². The van der Waals surface area contributed by atoms with Crippen molar-refractivity contribution in [2.45, 2.75) is 0 Å². The van der Waals surface area contributed by atoms with Crippen molar-refractivity contribution in [1.29, 1.82) is 0 Å². The Morgan fingerprint density at radius 1 is 1.29 bits per heavy atom. The Kier molecular flexibility index (Phi) is 59.7. The predicted octanol–water partition coefficient (Wildman–Crippen LogP) is -2.57. The van der Waals surface area contributed by atoms with Crippen LogP contribution < -0.4 is 10.2 Å². The molecule has 0 aromatic heterocycles. The summed E-state index contributed by atoms with van der Waals surface area (Å²) in [6, 6.07) is 0. The summed E-state index contributed by atoms with van der Waals surface area (Å²) >= 11 is 0. The second kappa shape index (κ2) is 16.1.